The maximum absolute atomic E-state index is 11.8. The van der Waals surface area contributed by atoms with Gasteiger partial charge in [-0.1, -0.05) is 11.6 Å². The van der Waals surface area contributed by atoms with Gasteiger partial charge in [0.1, 0.15) is 16.8 Å². The number of likely N-dealkylation sites (N-methyl/N-ethyl adjacent to an activating group) is 1. The molecule has 0 unspecified atom stereocenters. The van der Waals surface area contributed by atoms with E-state index in [2.05, 4.69) is 15.3 Å². The maximum Gasteiger partial charge on any atom is 0.241 e. The fourth-order valence-electron chi connectivity index (χ4n) is 1.63. The zero-order valence-electron chi connectivity index (χ0n) is 11.2. The molecule has 0 aliphatic rings. The van der Waals surface area contributed by atoms with Crippen LogP contribution in [0.1, 0.15) is 30.0 Å². The van der Waals surface area contributed by atoms with E-state index in [9.17, 15) is 9.59 Å². The third kappa shape index (κ3) is 3.89. The first kappa shape index (κ1) is 15.4. The maximum atomic E-state index is 11.8. The van der Waals surface area contributed by atoms with E-state index >= 15 is 0 Å². The Morgan fingerprint density at radius 2 is 2.00 bits per heavy atom. The highest BCUT2D eigenvalue weighted by Gasteiger charge is 2.14. The lowest BCUT2D eigenvalue weighted by atomic mass is 10.3. The molecule has 6 nitrogen and oxygen atoms in total. The first-order valence-corrected chi connectivity index (χ1v) is 6.42. The number of hydrogen-bond donors (Lipinski definition) is 1. The van der Waals surface area contributed by atoms with Crippen molar-refractivity contribution in [2.45, 2.75) is 20.8 Å². The first-order chi connectivity index (χ1) is 9.03. The van der Waals surface area contributed by atoms with Gasteiger partial charge in [0.15, 0.2) is 6.29 Å². The smallest absolute Gasteiger partial charge is 0.241 e. The minimum Gasteiger partial charge on any atom is -0.360 e. The minimum atomic E-state index is -0.0609. The molecule has 1 aromatic rings. The van der Waals surface area contributed by atoms with Gasteiger partial charge in [-0.05, 0) is 20.8 Å². The molecule has 0 aliphatic heterocycles. The van der Waals surface area contributed by atoms with Crippen LogP contribution in [-0.2, 0) is 4.79 Å². The van der Waals surface area contributed by atoms with Gasteiger partial charge in [-0.25, -0.2) is 9.97 Å². The van der Waals surface area contributed by atoms with Crippen LogP contribution in [0, 0.1) is 6.92 Å². The number of aryl methyl sites for hydroxylation is 1. The van der Waals surface area contributed by atoms with Gasteiger partial charge in [-0.15, -0.1) is 0 Å². The molecule has 1 aromatic heterocycles. The van der Waals surface area contributed by atoms with Gasteiger partial charge in [-0.3, -0.25) is 9.59 Å². The number of amides is 1. The first-order valence-electron chi connectivity index (χ1n) is 6.04. The molecule has 0 fully saturated rings. The molecule has 19 heavy (non-hydrogen) atoms. The predicted octanol–water partition coefficient (Wildman–Crippen LogP) is 1.53. The summed E-state index contributed by atoms with van der Waals surface area (Å²) in [7, 11) is 0. The second-order valence-corrected chi connectivity index (χ2v) is 4.22. The molecule has 0 saturated carbocycles. The third-order valence-corrected chi connectivity index (χ3v) is 2.94. The molecule has 0 saturated heterocycles. The van der Waals surface area contributed by atoms with E-state index in [4.69, 9.17) is 11.6 Å². The molecular formula is C12H17ClN4O2. The van der Waals surface area contributed by atoms with Crippen molar-refractivity contribution in [2.24, 2.45) is 0 Å². The summed E-state index contributed by atoms with van der Waals surface area (Å²) in [5.74, 6) is 0.663. The summed E-state index contributed by atoms with van der Waals surface area (Å²) >= 11 is 5.85. The summed E-state index contributed by atoms with van der Waals surface area (Å²) in [5, 5.41) is 2.92. The third-order valence-electron chi connectivity index (χ3n) is 2.65. The van der Waals surface area contributed by atoms with Gasteiger partial charge in [0.2, 0.25) is 5.91 Å². The van der Waals surface area contributed by atoms with Crippen LogP contribution in [0.2, 0.25) is 5.15 Å². The summed E-state index contributed by atoms with van der Waals surface area (Å²) in [6.45, 7) is 6.82. The number of anilines is 1. The van der Waals surface area contributed by atoms with E-state index in [1.165, 1.54) is 0 Å². The van der Waals surface area contributed by atoms with Crippen LogP contribution in [0.5, 0.6) is 0 Å². The lowest BCUT2D eigenvalue weighted by molar-refractivity contribution is -0.128. The number of nitrogens with zero attached hydrogens (tertiary/aromatic N) is 3. The standard InChI is InChI=1S/C12H17ClN4O2/c1-4-17(5-2)10(19)6-14-12-9(7-18)11(13)15-8(3)16-12/h7H,4-6H2,1-3H3,(H,14,15,16). The molecule has 0 atom stereocenters. The molecule has 7 heteroatoms. The Balaban J connectivity index is 2.83. The van der Waals surface area contributed by atoms with Crippen molar-refractivity contribution in [2.75, 3.05) is 25.0 Å². The van der Waals surface area contributed by atoms with Crippen LogP contribution in [0.3, 0.4) is 0 Å². The van der Waals surface area contributed by atoms with Crippen molar-refractivity contribution in [1.82, 2.24) is 14.9 Å². The van der Waals surface area contributed by atoms with E-state index < -0.39 is 0 Å². The fourth-order valence-corrected chi connectivity index (χ4v) is 1.89. The highest BCUT2D eigenvalue weighted by Crippen LogP contribution is 2.18. The molecule has 0 radical (unpaired) electrons. The van der Waals surface area contributed by atoms with Gasteiger partial charge in [-0.2, -0.15) is 0 Å². The van der Waals surface area contributed by atoms with Crippen LogP contribution >= 0.6 is 11.6 Å². The molecule has 1 amide bonds. The molecule has 0 bridgehead atoms. The molecular weight excluding hydrogens is 268 g/mol. The van der Waals surface area contributed by atoms with Gasteiger partial charge < -0.3 is 10.2 Å². The Morgan fingerprint density at radius 3 is 2.53 bits per heavy atom. The quantitative estimate of drug-likeness (QED) is 0.633. The van der Waals surface area contributed by atoms with Crippen LogP contribution in [-0.4, -0.2) is 46.7 Å². The Labute approximate surface area is 117 Å². The summed E-state index contributed by atoms with van der Waals surface area (Å²) in [4.78, 5) is 32.4. The normalized spacial score (nSPS) is 10.1. The largest absolute Gasteiger partial charge is 0.360 e. The van der Waals surface area contributed by atoms with Crippen LogP contribution < -0.4 is 5.32 Å². The summed E-state index contributed by atoms with van der Waals surface area (Å²) in [6, 6.07) is 0. The van der Waals surface area contributed by atoms with E-state index in [-0.39, 0.29) is 29.0 Å². The Kier molecular flexibility index (Phi) is 5.69. The number of hydrogen-bond acceptors (Lipinski definition) is 5. The minimum absolute atomic E-state index is 0.0609. The molecule has 1 rings (SSSR count). The average Bonchev–Trinajstić information content (AvgIpc) is 2.37. The number of carbonyl (C=O) groups is 2. The second kappa shape index (κ2) is 7.04. The number of halogens is 1. The molecule has 0 aromatic carbocycles. The summed E-state index contributed by atoms with van der Waals surface area (Å²) in [5.41, 5.74) is 0.166. The molecule has 0 spiro atoms. The topological polar surface area (TPSA) is 75.2 Å². The number of nitrogens with one attached hydrogen (secondary N) is 1. The fraction of sp³-hybridized carbons (Fsp3) is 0.500. The molecule has 1 heterocycles. The van der Waals surface area contributed by atoms with E-state index in [1.807, 2.05) is 13.8 Å². The summed E-state index contributed by atoms with van der Waals surface area (Å²) in [6.07, 6.45) is 0.575. The monoisotopic (exact) mass is 284 g/mol. The van der Waals surface area contributed by atoms with E-state index in [1.54, 1.807) is 11.8 Å². The zero-order chi connectivity index (χ0) is 14.4. The lowest BCUT2D eigenvalue weighted by Crippen LogP contribution is -2.35. The van der Waals surface area contributed by atoms with E-state index in [0.717, 1.165) is 0 Å². The Morgan fingerprint density at radius 1 is 1.37 bits per heavy atom. The van der Waals surface area contributed by atoms with Crippen LogP contribution in [0.25, 0.3) is 0 Å². The SMILES string of the molecule is CCN(CC)C(=O)CNc1nc(C)nc(Cl)c1C=O. The zero-order valence-corrected chi connectivity index (χ0v) is 12.0. The van der Waals surface area contributed by atoms with Crippen molar-refractivity contribution < 1.29 is 9.59 Å². The van der Waals surface area contributed by atoms with Crippen molar-refractivity contribution in [3.63, 3.8) is 0 Å². The van der Waals surface area contributed by atoms with Crippen molar-refractivity contribution in [3.05, 3.63) is 16.5 Å². The number of carbonyl (C=O) groups excluding carboxylic acids is 2. The van der Waals surface area contributed by atoms with Crippen LogP contribution in [0.4, 0.5) is 5.82 Å². The Bertz CT molecular complexity index is 475. The lowest BCUT2D eigenvalue weighted by Gasteiger charge is -2.19. The van der Waals surface area contributed by atoms with Crippen LogP contribution in [0.15, 0.2) is 0 Å². The number of rotatable bonds is 6. The van der Waals surface area contributed by atoms with Gasteiger partial charge in [0.25, 0.3) is 0 Å². The van der Waals surface area contributed by atoms with Gasteiger partial charge in [0.05, 0.1) is 12.1 Å². The molecule has 104 valence electrons. The van der Waals surface area contributed by atoms with Gasteiger partial charge in [0, 0.05) is 13.1 Å². The molecule has 0 aliphatic carbocycles. The predicted molar refractivity (Wildman–Crippen MR) is 73.6 cm³/mol. The van der Waals surface area contributed by atoms with Crippen molar-refractivity contribution in [3.8, 4) is 0 Å². The highest BCUT2D eigenvalue weighted by atomic mass is 35.5. The van der Waals surface area contributed by atoms with Crippen molar-refractivity contribution in [1.29, 1.82) is 0 Å². The second-order valence-electron chi connectivity index (χ2n) is 3.86. The Hall–Kier alpha value is -1.69. The summed E-state index contributed by atoms with van der Waals surface area (Å²) < 4.78 is 0. The highest BCUT2D eigenvalue weighted by molar-refractivity contribution is 6.32. The van der Waals surface area contributed by atoms with Crippen molar-refractivity contribution >= 4 is 29.6 Å². The number of aldehydes is 1. The van der Waals surface area contributed by atoms with Gasteiger partial charge >= 0.3 is 0 Å². The molecule has 1 N–H and O–H groups in total. The average molecular weight is 285 g/mol. The van der Waals surface area contributed by atoms with E-state index in [0.29, 0.717) is 25.2 Å². The number of aromatic nitrogens is 2.